The van der Waals surface area contributed by atoms with Crippen molar-refractivity contribution < 1.29 is 4.57 Å². The van der Waals surface area contributed by atoms with E-state index >= 15 is 0 Å². The van der Waals surface area contributed by atoms with Crippen LogP contribution >= 0.6 is 0 Å². The van der Waals surface area contributed by atoms with Gasteiger partial charge in [-0.3, -0.25) is 0 Å². The van der Waals surface area contributed by atoms with Crippen molar-refractivity contribution in [3.63, 3.8) is 0 Å². The topological polar surface area (TPSA) is 8.81 Å². The molecule has 0 amide bonds. The third kappa shape index (κ3) is 3.24. The Morgan fingerprint density at radius 1 is 0.893 bits per heavy atom. The van der Waals surface area contributed by atoms with Crippen LogP contribution in [0.2, 0.25) is 0 Å². The first-order valence-electron chi connectivity index (χ1n) is 10.4. The van der Waals surface area contributed by atoms with Crippen LogP contribution in [0.4, 0.5) is 0 Å². The lowest BCUT2D eigenvalue weighted by Gasteiger charge is -2.16. The number of aryl methyl sites for hydroxylation is 2. The minimum atomic E-state index is 0.917. The summed E-state index contributed by atoms with van der Waals surface area (Å²) in [5, 5.41) is 1.46. The number of pyridine rings is 1. The zero-order chi connectivity index (χ0) is 18.9. The van der Waals surface area contributed by atoms with Crippen LogP contribution in [-0.2, 0) is 25.9 Å². The fourth-order valence-corrected chi connectivity index (χ4v) is 4.74. The number of para-hydroxylation sites is 1. The Balaban J connectivity index is 1.49. The zero-order valence-corrected chi connectivity index (χ0v) is 16.6. The normalized spacial score (nSPS) is 13.6. The fraction of sp³-hybridized carbons (Fsp3) is 0.269. The standard InChI is InChI=1S/C26H27N2/c1-20-8-6-9-21(16-20)17-27-15-7-10-22(18-27)19-28-25-13-4-2-11-23(25)24-12-3-5-14-26(24)28/h2,4,6-11,13,15-16,18H,3,5,12,14,17,19H2,1H3/q+1. The molecule has 2 heterocycles. The van der Waals surface area contributed by atoms with Crippen LogP contribution in [-0.4, -0.2) is 4.57 Å². The van der Waals surface area contributed by atoms with Crippen molar-refractivity contribution in [2.24, 2.45) is 0 Å². The fourth-order valence-electron chi connectivity index (χ4n) is 4.74. The summed E-state index contributed by atoms with van der Waals surface area (Å²) in [7, 11) is 0. The SMILES string of the molecule is Cc1cccc(C[n+]2cccc(Cn3c4c(c5ccccc53)CCCC4)c2)c1. The number of benzene rings is 2. The summed E-state index contributed by atoms with van der Waals surface area (Å²) in [5.41, 5.74) is 8.57. The van der Waals surface area contributed by atoms with Crippen LogP contribution in [0.1, 0.15) is 40.8 Å². The van der Waals surface area contributed by atoms with Crippen molar-refractivity contribution in [1.82, 2.24) is 4.57 Å². The molecule has 0 unspecified atom stereocenters. The van der Waals surface area contributed by atoms with Gasteiger partial charge in [0.25, 0.3) is 0 Å². The predicted octanol–water partition coefficient (Wildman–Crippen LogP) is 5.21. The summed E-state index contributed by atoms with van der Waals surface area (Å²) in [6.45, 7) is 4.02. The number of hydrogen-bond acceptors (Lipinski definition) is 0. The number of aromatic nitrogens is 2. The predicted molar refractivity (Wildman–Crippen MR) is 115 cm³/mol. The molecule has 0 N–H and O–H groups in total. The molecule has 0 aliphatic heterocycles. The van der Waals surface area contributed by atoms with Gasteiger partial charge in [0.15, 0.2) is 18.9 Å². The van der Waals surface area contributed by atoms with Gasteiger partial charge in [-0.15, -0.1) is 0 Å². The molecular formula is C26H27N2+. The molecule has 0 atom stereocenters. The van der Waals surface area contributed by atoms with Gasteiger partial charge in [-0.1, -0.05) is 42.0 Å². The van der Waals surface area contributed by atoms with Crippen LogP contribution < -0.4 is 4.57 Å². The highest BCUT2D eigenvalue weighted by Gasteiger charge is 2.20. The van der Waals surface area contributed by atoms with E-state index in [2.05, 4.69) is 89.1 Å². The van der Waals surface area contributed by atoms with Crippen molar-refractivity contribution in [2.45, 2.75) is 45.7 Å². The molecule has 5 rings (SSSR count). The Hall–Kier alpha value is -2.87. The molecular weight excluding hydrogens is 340 g/mol. The minimum absolute atomic E-state index is 0.917. The summed E-state index contributed by atoms with van der Waals surface area (Å²) in [4.78, 5) is 0. The molecule has 2 aromatic heterocycles. The summed E-state index contributed by atoms with van der Waals surface area (Å²) in [6, 6.07) is 22.2. The van der Waals surface area contributed by atoms with E-state index in [4.69, 9.17) is 0 Å². The zero-order valence-electron chi connectivity index (χ0n) is 16.6. The number of fused-ring (bicyclic) bond motifs is 3. The second-order valence-corrected chi connectivity index (χ2v) is 8.11. The first-order valence-corrected chi connectivity index (χ1v) is 10.4. The van der Waals surface area contributed by atoms with E-state index in [0.717, 1.165) is 13.1 Å². The molecule has 0 fully saturated rings. The monoisotopic (exact) mass is 367 g/mol. The van der Waals surface area contributed by atoms with E-state index in [0.29, 0.717) is 0 Å². The van der Waals surface area contributed by atoms with Gasteiger partial charge in [-0.05, 0) is 56.4 Å². The summed E-state index contributed by atoms with van der Waals surface area (Å²) in [5.74, 6) is 0. The first-order chi connectivity index (χ1) is 13.8. The number of hydrogen-bond donors (Lipinski definition) is 0. The average molecular weight is 368 g/mol. The van der Waals surface area contributed by atoms with E-state index in [9.17, 15) is 0 Å². The van der Waals surface area contributed by atoms with Crippen LogP contribution in [0.15, 0.2) is 73.1 Å². The van der Waals surface area contributed by atoms with E-state index < -0.39 is 0 Å². The van der Waals surface area contributed by atoms with Crippen molar-refractivity contribution >= 4 is 10.9 Å². The smallest absolute Gasteiger partial charge is 0.174 e. The van der Waals surface area contributed by atoms with Crippen LogP contribution in [0.3, 0.4) is 0 Å². The van der Waals surface area contributed by atoms with Gasteiger partial charge < -0.3 is 4.57 Å². The van der Waals surface area contributed by atoms with Crippen LogP contribution in [0.25, 0.3) is 10.9 Å². The Morgan fingerprint density at radius 2 is 1.75 bits per heavy atom. The highest BCUT2D eigenvalue weighted by Crippen LogP contribution is 2.32. The Kier molecular flexibility index (Phi) is 4.48. The lowest BCUT2D eigenvalue weighted by atomic mass is 9.95. The minimum Gasteiger partial charge on any atom is -0.340 e. The van der Waals surface area contributed by atoms with Gasteiger partial charge in [-0.2, -0.15) is 0 Å². The van der Waals surface area contributed by atoms with Crippen molar-refractivity contribution in [1.29, 1.82) is 0 Å². The maximum Gasteiger partial charge on any atom is 0.174 e. The molecule has 1 aliphatic carbocycles. The molecule has 4 aromatic rings. The third-order valence-corrected chi connectivity index (χ3v) is 5.99. The second kappa shape index (κ2) is 7.27. The summed E-state index contributed by atoms with van der Waals surface area (Å²) >= 11 is 0. The molecule has 0 spiro atoms. The van der Waals surface area contributed by atoms with Gasteiger partial charge >= 0.3 is 0 Å². The van der Waals surface area contributed by atoms with Crippen LogP contribution in [0, 0.1) is 6.92 Å². The van der Waals surface area contributed by atoms with E-state index in [1.165, 1.54) is 53.3 Å². The Bertz CT molecular complexity index is 1140. The molecule has 140 valence electrons. The number of nitrogens with zero attached hydrogens (tertiary/aromatic N) is 2. The van der Waals surface area contributed by atoms with Gasteiger partial charge in [0.2, 0.25) is 0 Å². The van der Waals surface area contributed by atoms with Crippen molar-refractivity contribution in [3.8, 4) is 0 Å². The largest absolute Gasteiger partial charge is 0.340 e. The highest BCUT2D eigenvalue weighted by molar-refractivity contribution is 5.86. The molecule has 2 heteroatoms. The maximum absolute atomic E-state index is 2.57. The van der Waals surface area contributed by atoms with E-state index in [-0.39, 0.29) is 0 Å². The molecule has 1 aliphatic rings. The van der Waals surface area contributed by atoms with Gasteiger partial charge in [0.05, 0.1) is 6.54 Å². The molecule has 0 radical (unpaired) electrons. The number of rotatable bonds is 4. The lowest BCUT2D eigenvalue weighted by Crippen LogP contribution is -2.34. The Morgan fingerprint density at radius 3 is 2.68 bits per heavy atom. The summed E-state index contributed by atoms with van der Waals surface area (Å²) in [6.07, 6.45) is 9.56. The van der Waals surface area contributed by atoms with Gasteiger partial charge in [-0.25, -0.2) is 4.57 Å². The molecule has 0 saturated carbocycles. The highest BCUT2D eigenvalue weighted by atomic mass is 15.0. The van der Waals surface area contributed by atoms with Crippen molar-refractivity contribution in [2.75, 3.05) is 0 Å². The first kappa shape index (κ1) is 17.2. The Labute approximate surface area is 167 Å². The molecule has 2 nitrogen and oxygen atoms in total. The van der Waals surface area contributed by atoms with Gasteiger partial charge in [0, 0.05) is 33.8 Å². The molecule has 2 aromatic carbocycles. The quantitative estimate of drug-likeness (QED) is 0.438. The maximum atomic E-state index is 2.57. The molecule has 0 bridgehead atoms. The van der Waals surface area contributed by atoms with E-state index in [1.54, 1.807) is 11.3 Å². The average Bonchev–Trinajstić information content (AvgIpc) is 3.03. The molecule has 0 saturated heterocycles. The molecule has 28 heavy (non-hydrogen) atoms. The summed E-state index contributed by atoms with van der Waals surface area (Å²) < 4.78 is 4.87. The van der Waals surface area contributed by atoms with Crippen molar-refractivity contribution in [3.05, 3.63) is 101 Å². The second-order valence-electron chi connectivity index (χ2n) is 8.11. The third-order valence-electron chi connectivity index (χ3n) is 5.99. The van der Waals surface area contributed by atoms with Gasteiger partial charge in [0.1, 0.15) is 0 Å². The van der Waals surface area contributed by atoms with Crippen LogP contribution in [0.5, 0.6) is 0 Å². The van der Waals surface area contributed by atoms with E-state index in [1.807, 2.05) is 0 Å². The lowest BCUT2D eigenvalue weighted by molar-refractivity contribution is -0.688.